The molecule has 0 aliphatic heterocycles. The summed E-state index contributed by atoms with van der Waals surface area (Å²) in [6, 6.07) is 3.65. The number of fused-ring (bicyclic) bond motifs is 4. The van der Waals surface area contributed by atoms with Crippen molar-refractivity contribution in [2.45, 2.75) is 174 Å². The van der Waals surface area contributed by atoms with Crippen molar-refractivity contribution in [3.05, 3.63) is 46.7 Å². The van der Waals surface area contributed by atoms with Crippen molar-refractivity contribution in [2.24, 2.45) is 5.92 Å². The molecule has 1 amide bonds. The van der Waals surface area contributed by atoms with Crippen molar-refractivity contribution in [1.29, 1.82) is 0 Å². The highest BCUT2D eigenvalue weighted by molar-refractivity contribution is 5.71. The maximum atomic E-state index is 13.2. The Morgan fingerprint density at radius 2 is 1.31 bits per heavy atom. The fraction of sp³-hybridized carbons (Fsp3) is 0.732. The molecule has 2 bridgehead atoms. The van der Waals surface area contributed by atoms with E-state index in [1.807, 2.05) is 13.0 Å². The lowest BCUT2D eigenvalue weighted by atomic mass is 9.63. The lowest BCUT2D eigenvalue weighted by Gasteiger charge is -2.47. The average molecular weight is 667 g/mol. The predicted octanol–water partition coefficient (Wildman–Crippen LogP) is 11.8. The van der Waals surface area contributed by atoms with Crippen LogP contribution in [0.5, 0.6) is 5.88 Å². The summed E-state index contributed by atoms with van der Waals surface area (Å²) in [6.45, 7) is 9.42. The van der Waals surface area contributed by atoms with E-state index in [9.17, 15) is 9.59 Å². The summed E-state index contributed by atoms with van der Waals surface area (Å²) in [5.74, 6) is 0.327. The van der Waals surface area contributed by atoms with Crippen molar-refractivity contribution in [3.63, 3.8) is 0 Å². The van der Waals surface area contributed by atoms with E-state index in [1.54, 1.807) is 6.07 Å². The Morgan fingerprint density at radius 1 is 0.792 bits per heavy atom. The summed E-state index contributed by atoms with van der Waals surface area (Å²) in [5, 5.41) is 3.27. The lowest BCUT2D eigenvalue weighted by Crippen LogP contribution is -2.53. The molecule has 2 aliphatic carbocycles. The van der Waals surface area contributed by atoms with Gasteiger partial charge in [-0.25, -0.2) is 14.6 Å². The number of nitrogens with zero attached hydrogens (tertiary/aromatic N) is 1. The third-order valence-electron chi connectivity index (χ3n) is 10.0. The van der Waals surface area contributed by atoms with Gasteiger partial charge in [-0.1, -0.05) is 147 Å². The molecule has 1 aromatic rings. The van der Waals surface area contributed by atoms with Crippen LogP contribution in [0.3, 0.4) is 0 Å². The minimum absolute atomic E-state index is 0.101. The molecule has 270 valence electrons. The van der Waals surface area contributed by atoms with E-state index in [1.165, 1.54) is 108 Å². The van der Waals surface area contributed by atoms with E-state index < -0.39 is 17.8 Å². The van der Waals surface area contributed by atoms with Gasteiger partial charge in [0, 0.05) is 24.0 Å². The monoisotopic (exact) mass is 666 g/mol. The molecule has 0 saturated heterocycles. The van der Waals surface area contributed by atoms with Crippen LogP contribution in [0.1, 0.15) is 174 Å². The van der Waals surface area contributed by atoms with E-state index in [2.05, 4.69) is 38.2 Å². The molecular formula is C41H66N2O5. The molecule has 0 aromatic carbocycles. The van der Waals surface area contributed by atoms with Gasteiger partial charge in [0.05, 0.1) is 24.4 Å². The zero-order chi connectivity index (χ0) is 34.5. The highest BCUT2D eigenvalue weighted by Crippen LogP contribution is 2.50. The van der Waals surface area contributed by atoms with Gasteiger partial charge in [0.1, 0.15) is 0 Å². The van der Waals surface area contributed by atoms with Crippen LogP contribution in [0.4, 0.5) is 9.59 Å². The molecule has 7 heteroatoms. The Hall–Kier alpha value is -2.83. The van der Waals surface area contributed by atoms with Gasteiger partial charge >= 0.3 is 12.2 Å². The van der Waals surface area contributed by atoms with Gasteiger partial charge in [0.2, 0.25) is 5.88 Å². The van der Waals surface area contributed by atoms with Crippen LogP contribution in [0.25, 0.3) is 0 Å². The van der Waals surface area contributed by atoms with Crippen LogP contribution < -0.4 is 10.1 Å². The molecule has 1 N–H and O–H groups in total. The van der Waals surface area contributed by atoms with Gasteiger partial charge in [-0.15, -0.1) is 0 Å². The number of amides is 1. The zero-order valence-corrected chi connectivity index (χ0v) is 30.8. The summed E-state index contributed by atoms with van der Waals surface area (Å²) < 4.78 is 16.6. The van der Waals surface area contributed by atoms with E-state index in [0.717, 1.165) is 42.5 Å². The Morgan fingerprint density at radius 3 is 1.85 bits per heavy atom. The van der Waals surface area contributed by atoms with Crippen molar-refractivity contribution >= 4 is 12.2 Å². The van der Waals surface area contributed by atoms with Crippen LogP contribution >= 0.6 is 0 Å². The number of unbranched alkanes of at least 4 members (excludes halogenated alkanes) is 18. The quantitative estimate of drug-likeness (QED) is 0.0671. The molecule has 3 rings (SSSR count). The minimum atomic E-state index is -0.734. The van der Waals surface area contributed by atoms with E-state index in [-0.39, 0.29) is 11.8 Å². The van der Waals surface area contributed by atoms with Gasteiger partial charge in [0.25, 0.3) is 0 Å². The Bertz CT molecular complexity index is 1160. The van der Waals surface area contributed by atoms with E-state index in [4.69, 9.17) is 19.2 Å². The van der Waals surface area contributed by atoms with Gasteiger partial charge in [-0.05, 0) is 44.7 Å². The average Bonchev–Trinajstić information content (AvgIpc) is 3.05. The fourth-order valence-electron chi connectivity index (χ4n) is 7.51. The number of nitrogens with one attached hydrogen (secondary N) is 1. The van der Waals surface area contributed by atoms with Crippen LogP contribution in [-0.4, -0.2) is 30.4 Å². The van der Waals surface area contributed by atoms with Gasteiger partial charge in [-0.3, -0.25) is 0 Å². The second-order valence-corrected chi connectivity index (χ2v) is 14.1. The van der Waals surface area contributed by atoms with Crippen LogP contribution in [0.2, 0.25) is 0 Å². The number of hydrogen-bond donors (Lipinski definition) is 1. The third-order valence-corrected chi connectivity index (χ3v) is 10.0. The topological polar surface area (TPSA) is 86.8 Å². The molecule has 0 radical (unpaired) electrons. The maximum absolute atomic E-state index is 13.2. The summed E-state index contributed by atoms with van der Waals surface area (Å²) in [7, 11) is 0. The first-order valence-electron chi connectivity index (χ1n) is 19.6. The molecule has 0 spiro atoms. The Balaban J connectivity index is 1.46. The number of carbonyl (C=O) groups excluding carboxylic acids is 2. The minimum Gasteiger partial charge on any atom is -0.450 e. The predicted molar refractivity (Wildman–Crippen MR) is 195 cm³/mol. The van der Waals surface area contributed by atoms with Gasteiger partial charge < -0.3 is 19.5 Å². The SMILES string of the molecule is C/C=C1\C2C=C(C)CC1(NC(=O)OCCCCCCCCCCCC)c1ccc(OC(=O)OCCCCCCCCCCCC)nc1C2. The van der Waals surface area contributed by atoms with Gasteiger partial charge in [0.15, 0.2) is 0 Å². The van der Waals surface area contributed by atoms with Crippen LogP contribution in [0, 0.1) is 5.92 Å². The lowest BCUT2D eigenvalue weighted by molar-refractivity contribution is 0.0956. The molecule has 2 atom stereocenters. The van der Waals surface area contributed by atoms with E-state index >= 15 is 0 Å². The second-order valence-electron chi connectivity index (χ2n) is 14.1. The summed E-state index contributed by atoms with van der Waals surface area (Å²) >= 11 is 0. The number of hydrogen-bond acceptors (Lipinski definition) is 6. The van der Waals surface area contributed by atoms with E-state index in [0.29, 0.717) is 26.1 Å². The number of ether oxygens (including phenoxy) is 3. The molecule has 2 aliphatic rings. The number of pyridine rings is 1. The van der Waals surface area contributed by atoms with Crippen molar-refractivity contribution in [3.8, 4) is 5.88 Å². The van der Waals surface area contributed by atoms with Crippen LogP contribution in [0.15, 0.2) is 35.4 Å². The molecular weight excluding hydrogens is 600 g/mol. The smallest absolute Gasteiger partial charge is 0.450 e. The molecule has 0 saturated carbocycles. The standard InChI is InChI=1S/C41H66N2O5/c1-5-8-10-12-14-16-18-20-22-24-28-46-39(44)43-41-32-33(4)30-34(35(41)7-3)31-37-36(41)26-27-38(42-37)48-40(45)47-29-25-23-21-19-17-15-13-11-9-6-2/h7,26-27,30,34H,5-6,8-25,28-29,31-32H2,1-4H3,(H,43,44)/b35-7+. The van der Waals surface area contributed by atoms with Crippen molar-refractivity contribution in [2.75, 3.05) is 13.2 Å². The summed E-state index contributed by atoms with van der Waals surface area (Å²) in [5.41, 5.74) is 3.40. The highest BCUT2D eigenvalue weighted by atomic mass is 16.7. The zero-order valence-electron chi connectivity index (χ0n) is 30.8. The van der Waals surface area contributed by atoms with Gasteiger partial charge in [-0.2, -0.15) is 0 Å². The van der Waals surface area contributed by atoms with Crippen LogP contribution in [-0.2, 0) is 21.4 Å². The maximum Gasteiger partial charge on any atom is 0.515 e. The fourth-order valence-corrected chi connectivity index (χ4v) is 7.51. The number of rotatable bonds is 24. The summed E-state index contributed by atoms with van der Waals surface area (Å²) in [4.78, 5) is 30.4. The number of alkyl carbamates (subject to hydrolysis) is 1. The number of carbonyl (C=O) groups is 2. The number of allylic oxidation sites excluding steroid dienone is 2. The first-order chi connectivity index (χ1) is 23.4. The summed E-state index contributed by atoms with van der Waals surface area (Å²) in [6.07, 6.45) is 29.2. The molecule has 0 fully saturated rings. The second kappa shape index (κ2) is 22.7. The molecule has 2 unspecified atom stereocenters. The molecule has 1 heterocycles. The normalized spacial score (nSPS) is 19.0. The first kappa shape index (κ1) is 39.6. The first-order valence-corrected chi connectivity index (χ1v) is 19.6. The third kappa shape index (κ3) is 13.2. The largest absolute Gasteiger partial charge is 0.515 e. The molecule has 1 aromatic heterocycles. The Kier molecular flexibility index (Phi) is 18.8. The molecule has 7 nitrogen and oxygen atoms in total. The molecule has 48 heavy (non-hydrogen) atoms. The highest BCUT2D eigenvalue weighted by Gasteiger charge is 2.48. The van der Waals surface area contributed by atoms with Crippen molar-refractivity contribution in [1.82, 2.24) is 10.3 Å². The van der Waals surface area contributed by atoms with Crippen molar-refractivity contribution < 1.29 is 23.8 Å². The number of aromatic nitrogens is 1. The Labute approximate surface area is 292 Å².